The zero-order chi connectivity index (χ0) is 12.4. The van der Waals surface area contributed by atoms with Crippen molar-refractivity contribution >= 4 is 5.82 Å². The molecule has 0 radical (unpaired) electrons. The van der Waals surface area contributed by atoms with Crippen LogP contribution >= 0.6 is 0 Å². The number of aliphatic hydroxyl groups is 1. The number of alkyl halides is 3. The van der Waals surface area contributed by atoms with E-state index in [2.05, 4.69) is 10.3 Å². The van der Waals surface area contributed by atoms with Gasteiger partial charge < -0.3 is 10.4 Å². The number of pyridine rings is 1. The Morgan fingerprint density at radius 1 is 1.38 bits per heavy atom. The van der Waals surface area contributed by atoms with Gasteiger partial charge in [0.15, 0.2) is 0 Å². The summed E-state index contributed by atoms with van der Waals surface area (Å²) in [4.78, 5) is 3.64. The Kier molecular flexibility index (Phi) is 3.42. The van der Waals surface area contributed by atoms with E-state index < -0.39 is 17.3 Å². The largest absolute Gasteiger partial charge is 0.419 e. The van der Waals surface area contributed by atoms with Gasteiger partial charge in [-0.25, -0.2) is 4.98 Å². The van der Waals surface area contributed by atoms with Crippen LogP contribution in [0, 0.1) is 0 Å². The van der Waals surface area contributed by atoms with Gasteiger partial charge in [0.25, 0.3) is 0 Å². The highest BCUT2D eigenvalue weighted by Gasteiger charge is 2.35. The van der Waals surface area contributed by atoms with Gasteiger partial charge in [-0.2, -0.15) is 13.2 Å². The van der Waals surface area contributed by atoms with E-state index in [1.54, 1.807) is 13.8 Å². The van der Waals surface area contributed by atoms with Gasteiger partial charge in [0.2, 0.25) is 0 Å². The number of anilines is 1. The van der Waals surface area contributed by atoms with Crippen LogP contribution in [0.15, 0.2) is 18.3 Å². The molecule has 2 N–H and O–H groups in total. The molecule has 0 fully saturated rings. The molecule has 0 saturated carbocycles. The minimum atomic E-state index is -4.46. The van der Waals surface area contributed by atoms with Crippen LogP contribution in [0.2, 0.25) is 0 Å². The van der Waals surface area contributed by atoms with Crippen molar-refractivity contribution in [1.29, 1.82) is 0 Å². The summed E-state index contributed by atoms with van der Waals surface area (Å²) < 4.78 is 37.8. The van der Waals surface area contributed by atoms with Crippen LogP contribution in [0.1, 0.15) is 19.4 Å². The Morgan fingerprint density at radius 2 is 2.00 bits per heavy atom. The van der Waals surface area contributed by atoms with Crippen LogP contribution < -0.4 is 5.32 Å². The standard InChI is InChI=1S/C10H13F3N2O/c1-9(2,6-16)15-8-7(10(11,12)13)4-3-5-14-8/h3-5,16H,6H2,1-2H3,(H,14,15). The molecule has 1 aromatic heterocycles. The van der Waals surface area contributed by atoms with E-state index in [1.165, 1.54) is 12.3 Å². The molecule has 0 aliphatic rings. The molecule has 0 aliphatic heterocycles. The molecular weight excluding hydrogens is 221 g/mol. The predicted octanol–water partition coefficient (Wildman–Crippen LogP) is 2.28. The molecule has 0 unspecified atom stereocenters. The molecule has 3 nitrogen and oxygen atoms in total. The van der Waals surface area contributed by atoms with Gasteiger partial charge in [-0.1, -0.05) is 0 Å². The second-order valence-electron chi connectivity index (χ2n) is 4.06. The van der Waals surface area contributed by atoms with E-state index in [0.29, 0.717) is 0 Å². The van der Waals surface area contributed by atoms with Crippen molar-refractivity contribution in [2.75, 3.05) is 11.9 Å². The summed E-state index contributed by atoms with van der Waals surface area (Å²) in [6.45, 7) is 2.88. The summed E-state index contributed by atoms with van der Waals surface area (Å²) in [7, 11) is 0. The molecule has 0 aliphatic carbocycles. The maximum absolute atomic E-state index is 12.6. The SMILES string of the molecule is CC(C)(CO)Nc1ncccc1C(F)(F)F. The highest BCUT2D eigenvalue weighted by Crippen LogP contribution is 2.34. The van der Waals surface area contributed by atoms with E-state index in [1.807, 2.05) is 0 Å². The molecule has 6 heteroatoms. The Hall–Kier alpha value is -1.30. The maximum atomic E-state index is 12.6. The molecule has 0 saturated heterocycles. The predicted molar refractivity (Wildman–Crippen MR) is 54.0 cm³/mol. The maximum Gasteiger partial charge on any atom is 0.419 e. The van der Waals surface area contributed by atoms with Crippen LogP contribution in [0.3, 0.4) is 0 Å². The highest BCUT2D eigenvalue weighted by atomic mass is 19.4. The van der Waals surface area contributed by atoms with Gasteiger partial charge in [-0.05, 0) is 26.0 Å². The fraction of sp³-hybridized carbons (Fsp3) is 0.500. The van der Waals surface area contributed by atoms with Gasteiger partial charge in [0, 0.05) is 6.20 Å². The lowest BCUT2D eigenvalue weighted by Gasteiger charge is -2.25. The van der Waals surface area contributed by atoms with Crippen LogP contribution in [0.5, 0.6) is 0 Å². The lowest BCUT2D eigenvalue weighted by molar-refractivity contribution is -0.137. The van der Waals surface area contributed by atoms with E-state index in [4.69, 9.17) is 5.11 Å². The fourth-order valence-corrected chi connectivity index (χ4v) is 1.09. The average molecular weight is 234 g/mol. The minimum absolute atomic E-state index is 0.269. The van der Waals surface area contributed by atoms with Crippen molar-refractivity contribution < 1.29 is 18.3 Å². The zero-order valence-electron chi connectivity index (χ0n) is 8.97. The molecule has 16 heavy (non-hydrogen) atoms. The summed E-state index contributed by atoms with van der Waals surface area (Å²) >= 11 is 0. The highest BCUT2D eigenvalue weighted by molar-refractivity contribution is 5.47. The van der Waals surface area contributed by atoms with Gasteiger partial charge in [-0.3, -0.25) is 0 Å². The first-order valence-electron chi connectivity index (χ1n) is 4.67. The van der Waals surface area contributed by atoms with Crippen molar-refractivity contribution in [2.24, 2.45) is 0 Å². The van der Waals surface area contributed by atoms with Crippen molar-refractivity contribution in [3.8, 4) is 0 Å². The molecule has 0 bridgehead atoms. The first-order valence-corrected chi connectivity index (χ1v) is 4.67. The van der Waals surface area contributed by atoms with Gasteiger partial charge >= 0.3 is 6.18 Å². The number of aromatic nitrogens is 1. The van der Waals surface area contributed by atoms with Crippen molar-refractivity contribution in [3.63, 3.8) is 0 Å². The number of nitrogens with zero attached hydrogens (tertiary/aromatic N) is 1. The quantitative estimate of drug-likeness (QED) is 0.843. The van der Waals surface area contributed by atoms with E-state index in [0.717, 1.165) is 6.07 Å². The molecule has 0 aromatic carbocycles. The molecule has 90 valence electrons. The van der Waals surface area contributed by atoms with Crippen molar-refractivity contribution in [1.82, 2.24) is 4.98 Å². The Morgan fingerprint density at radius 3 is 2.50 bits per heavy atom. The third-order valence-electron chi connectivity index (χ3n) is 1.97. The van der Waals surface area contributed by atoms with E-state index in [9.17, 15) is 13.2 Å². The third-order valence-corrected chi connectivity index (χ3v) is 1.97. The molecule has 0 atom stereocenters. The van der Waals surface area contributed by atoms with Gasteiger partial charge in [0.05, 0.1) is 17.7 Å². The molecule has 0 spiro atoms. The monoisotopic (exact) mass is 234 g/mol. The number of hydrogen-bond acceptors (Lipinski definition) is 3. The van der Waals surface area contributed by atoms with E-state index >= 15 is 0 Å². The molecule has 1 aromatic rings. The summed E-state index contributed by atoms with van der Waals surface area (Å²) in [6.07, 6.45) is -3.19. The summed E-state index contributed by atoms with van der Waals surface area (Å²) in [6, 6.07) is 2.17. The van der Waals surface area contributed by atoms with Crippen LogP contribution in [-0.2, 0) is 6.18 Å². The number of halogens is 3. The fourth-order valence-electron chi connectivity index (χ4n) is 1.09. The minimum Gasteiger partial charge on any atom is -0.394 e. The Labute approximate surface area is 91.3 Å². The smallest absolute Gasteiger partial charge is 0.394 e. The van der Waals surface area contributed by atoms with Crippen LogP contribution in [0.4, 0.5) is 19.0 Å². The average Bonchev–Trinajstić information content (AvgIpc) is 2.16. The number of rotatable bonds is 3. The van der Waals surface area contributed by atoms with Crippen LogP contribution in [-0.4, -0.2) is 22.2 Å². The number of hydrogen-bond donors (Lipinski definition) is 2. The summed E-state index contributed by atoms with van der Waals surface area (Å²) in [5.74, 6) is -0.269. The first-order chi connectivity index (χ1) is 7.26. The first kappa shape index (κ1) is 12.8. The second-order valence-corrected chi connectivity index (χ2v) is 4.06. The Bertz CT molecular complexity index is 363. The van der Waals surface area contributed by atoms with Crippen molar-refractivity contribution in [3.05, 3.63) is 23.9 Å². The molecule has 1 rings (SSSR count). The Balaban J connectivity index is 3.06. The lowest BCUT2D eigenvalue weighted by Crippen LogP contribution is -2.36. The summed E-state index contributed by atoms with van der Waals surface area (Å²) in [5, 5.41) is 11.5. The van der Waals surface area contributed by atoms with Crippen molar-refractivity contribution in [2.45, 2.75) is 25.6 Å². The molecular formula is C10H13F3N2O. The second kappa shape index (κ2) is 4.29. The number of aliphatic hydroxyl groups excluding tert-OH is 1. The normalized spacial score (nSPS) is 12.6. The molecule has 1 heterocycles. The van der Waals surface area contributed by atoms with E-state index in [-0.39, 0.29) is 12.4 Å². The summed E-state index contributed by atoms with van der Waals surface area (Å²) in [5.41, 5.74) is -1.69. The molecule has 0 amide bonds. The zero-order valence-corrected chi connectivity index (χ0v) is 8.97. The number of nitrogens with one attached hydrogen (secondary N) is 1. The lowest BCUT2D eigenvalue weighted by atomic mass is 10.1. The van der Waals surface area contributed by atoms with Gasteiger partial charge in [0.1, 0.15) is 5.82 Å². The van der Waals surface area contributed by atoms with Crippen LogP contribution in [0.25, 0.3) is 0 Å². The van der Waals surface area contributed by atoms with Gasteiger partial charge in [-0.15, -0.1) is 0 Å². The third kappa shape index (κ3) is 3.10. The topological polar surface area (TPSA) is 45.1 Å².